The van der Waals surface area contributed by atoms with Gasteiger partial charge in [-0.05, 0) is 0 Å². The molecule has 0 spiro atoms. The van der Waals surface area contributed by atoms with E-state index in [0.29, 0.717) is 0 Å². The van der Waals surface area contributed by atoms with Crippen molar-refractivity contribution in [3.05, 3.63) is 13.8 Å². The van der Waals surface area contributed by atoms with Gasteiger partial charge in [-0.25, -0.2) is 0 Å². The zero-order chi connectivity index (χ0) is 9.00. The normalized spacial score (nSPS) is 10.9. The Morgan fingerprint density at radius 2 is 0.636 bits per heavy atom. The third-order valence-electron chi connectivity index (χ3n) is 0. The first-order chi connectivity index (χ1) is 4.00. The molecular weight excluding hydrogens is 171 g/mol. The predicted molar refractivity (Wildman–Crippen MR) is 49.6 cm³/mol. The van der Waals surface area contributed by atoms with Gasteiger partial charge in [-0.1, -0.05) is 41.5 Å². The van der Waals surface area contributed by atoms with Gasteiger partial charge in [0, 0.05) is 0 Å². The molecule has 0 aromatic heterocycles. The zero-order valence-electron chi connectivity index (χ0n) is 8.86. The maximum absolute atomic E-state index is 3.77. The van der Waals surface area contributed by atoms with E-state index in [9.17, 15) is 0 Å². The van der Waals surface area contributed by atoms with Gasteiger partial charge in [-0.3, -0.25) is 0 Å². The van der Waals surface area contributed by atoms with Crippen molar-refractivity contribution in [2.24, 2.45) is 10.8 Å². The molecule has 0 amide bonds. The molecular formula is C10H22V. The second-order valence-corrected chi connectivity index (χ2v) is 5.12. The minimum Gasteiger partial charge on any atom is -0.338 e. The van der Waals surface area contributed by atoms with E-state index < -0.39 is 0 Å². The van der Waals surface area contributed by atoms with Crippen LogP contribution in [0.25, 0.3) is 0 Å². The van der Waals surface area contributed by atoms with E-state index in [2.05, 4.69) is 55.4 Å². The summed E-state index contributed by atoms with van der Waals surface area (Å²) in [5.74, 6) is 0. The number of hydrogen-bond acceptors (Lipinski definition) is 0. The zero-order valence-corrected chi connectivity index (χ0v) is 10.3. The van der Waals surface area contributed by atoms with Crippen LogP contribution < -0.4 is 0 Å². The van der Waals surface area contributed by atoms with Gasteiger partial charge in [0.05, 0.1) is 0 Å². The molecule has 0 aromatic rings. The third kappa shape index (κ3) is 2280. The summed E-state index contributed by atoms with van der Waals surface area (Å²) >= 11 is 0. The Labute approximate surface area is 85.0 Å². The summed E-state index contributed by atoms with van der Waals surface area (Å²) in [6, 6.07) is 0. The molecule has 1 radical (unpaired) electrons. The van der Waals surface area contributed by atoms with Crippen LogP contribution in [0.15, 0.2) is 0 Å². The molecule has 0 bridgehead atoms. The van der Waals surface area contributed by atoms with Crippen LogP contribution >= 0.6 is 0 Å². The summed E-state index contributed by atoms with van der Waals surface area (Å²) in [6.07, 6.45) is 0. The van der Waals surface area contributed by atoms with Gasteiger partial charge >= 0.3 is 18.6 Å². The van der Waals surface area contributed by atoms with Crippen molar-refractivity contribution in [2.75, 3.05) is 0 Å². The molecule has 0 nitrogen and oxygen atoms in total. The minimum atomic E-state index is 0. The fourth-order valence-electron chi connectivity index (χ4n) is 0. The van der Waals surface area contributed by atoms with Gasteiger partial charge in [0.15, 0.2) is 0 Å². The van der Waals surface area contributed by atoms with E-state index in [4.69, 9.17) is 0 Å². The van der Waals surface area contributed by atoms with Crippen LogP contribution in [-0.4, -0.2) is 0 Å². The van der Waals surface area contributed by atoms with Crippen LogP contribution in [-0.2, 0) is 18.6 Å². The van der Waals surface area contributed by atoms with Crippen LogP contribution in [0, 0.1) is 24.7 Å². The van der Waals surface area contributed by atoms with Crippen molar-refractivity contribution in [3.63, 3.8) is 0 Å². The van der Waals surface area contributed by atoms with E-state index in [1.54, 1.807) is 0 Å². The maximum Gasteiger partial charge on any atom is 2.00 e. The fraction of sp³-hybridized carbons (Fsp3) is 0.800. The van der Waals surface area contributed by atoms with Crippen molar-refractivity contribution in [1.82, 2.24) is 0 Å². The van der Waals surface area contributed by atoms with Gasteiger partial charge < -0.3 is 13.8 Å². The molecule has 0 N–H and O–H groups in total. The van der Waals surface area contributed by atoms with Gasteiger partial charge in [-0.15, -0.1) is 0 Å². The Balaban J connectivity index is -0.000000107. The largest absolute Gasteiger partial charge is 2.00 e. The average molecular weight is 193 g/mol. The first-order valence-electron chi connectivity index (χ1n) is 3.71. The van der Waals surface area contributed by atoms with Gasteiger partial charge in [0.25, 0.3) is 0 Å². The third-order valence-corrected chi connectivity index (χ3v) is 0. The molecule has 0 heterocycles. The van der Waals surface area contributed by atoms with Crippen LogP contribution in [0.2, 0.25) is 0 Å². The SMILES string of the molecule is [CH2-]C(C)(C)C.[CH2-]C(C)(C)C.[V+2]. The van der Waals surface area contributed by atoms with Crippen LogP contribution in [0.5, 0.6) is 0 Å². The van der Waals surface area contributed by atoms with Crippen LogP contribution in [0.1, 0.15) is 41.5 Å². The quantitative estimate of drug-likeness (QED) is 0.514. The van der Waals surface area contributed by atoms with E-state index in [1.807, 2.05) is 0 Å². The summed E-state index contributed by atoms with van der Waals surface area (Å²) in [6.45, 7) is 20.0. The van der Waals surface area contributed by atoms with Crippen LogP contribution in [0.3, 0.4) is 0 Å². The number of hydrogen-bond donors (Lipinski definition) is 0. The Hall–Kier alpha value is 0.584. The molecule has 11 heavy (non-hydrogen) atoms. The van der Waals surface area contributed by atoms with Crippen molar-refractivity contribution in [2.45, 2.75) is 41.5 Å². The molecule has 0 unspecified atom stereocenters. The van der Waals surface area contributed by atoms with E-state index >= 15 is 0 Å². The first-order valence-corrected chi connectivity index (χ1v) is 3.71. The molecule has 0 fully saturated rings. The molecule has 0 rings (SSSR count). The van der Waals surface area contributed by atoms with Crippen molar-refractivity contribution >= 4 is 0 Å². The monoisotopic (exact) mass is 193 g/mol. The van der Waals surface area contributed by atoms with E-state index in [-0.39, 0.29) is 29.4 Å². The van der Waals surface area contributed by atoms with Crippen molar-refractivity contribution in [3.8, 4) is 0 Å². The Bertz CT molecular complexity index is 47.9. The molecule has 0 aromatic carbocycles. The fourth-order valence-corrected chi connectivity index (χ4v) is 0. The second kappa shape index (κ2) is 6.14. The molecule has 0 aliphatic heterocycles. The van der Waals surface area contributed by atoms with Gasteiger partial charge in [0.1, 0.15) is 0 Å². The Morgan fingerprint density at radius 3 is 0.636 bits per heavy atom. The van der Waals surface area contributed by atoms with Gasteiger partial charge in [-0.2, -0.15) is 10.8 Å². The van der Waals surface area contributed by atoms with E-state index in [0.717, 1.165) is 0 Å². The van der Waals surface area contributed by atoms with Gasteiger partial charge in [0.2, 0.25) is 0 Å². The Kier molecular flexibility index (Phi) is 9.83. The molecule has 0 aliphatic rings. The molecule has 0 saturated heterocycles. The smallest absolute Gasteiger partial charge is 0.338 e. The standard InChI is InChI=1S/2C5H11.V/c2*1-5(2,3)4;/h2*1H2,2-4H3;/q2*-1;+2. The second-order valence-electron chi connectivity index (χ2n) is 5.12. The van der Waals surface area contributed by atoms with E-state index in [1.165, 1.54) is 0 Å². The summed E-state index contributed by atoms with van der Waals surface area (Å²) < 4.78 is 0. The summed E-state index contributed by atoms with van der Waals surface area (Å²) in [7, 11) is 0. The summed E-state index contributed by atoms with van der Waals surface area (Å²) in [4.78, 5) is 0. The van der Waals surface area contributed by atoms with Crippen molar-refractivity contribution < 1.29 is 18.6 Å². The molecule has 0 atom stereocenters. The molecule has 67 valence electrons. The molecule has 0 aliphatic carbocycles. The number of rotatable bonds is 0. The topological polar surface area (TPSA) is 0 Å². The predicted octanol–water partition coefficient (Wildman–Crippen LogP) is 3.73. The minimum absolute atomic E-state index is 0. The Morgan fingerprint density at radius 1 is 0.636 bits per heavy atom. The van der Waals surface area contributed by atoms with Crippen molar-refractivity contribution in [1.29, 1.82) is 0 Å². The first kappa shape index (κ1) is 17.6. The molecule has 0 saturated carbocycles. The average Bonchev–Trinajstić information content (AvgIpc) is 1.12. The molecule has 1 heteroatoms. The van der Waals surface area contributed by atoms with Crippen LogP contribution in [0.4, 0.5) is 0 Å². The summed E-state index contributed by atoms with van der Waals surface area (Å²) in [5.41, 5.74) is 0.500. The maximum atomic E-state index is 3.77. The summed E-state index contributed by atoms with van der Waals surface area (Å²) in [5, 5.41) is 0.